The Labute approximate surface area is 154 Å². The molecule has 1 heterocycles. The summed E-state index contributed by atoms with van der Waals surface area (Å²) in [5.74, 6) is -0.443. The molecule has 2 aromatic rings. The molecule has 0 unspecified atom stereocenters. The molecule has 5 heteroatoms. The predicted molar refractivity (Wildman–Crippen MR) is 104 cm³/mol. The number of benzene rings is 2. The SMILES string of the molecule is Cc1cccc(N2CCN(CC(=O)Nc3cc(F)ccc3C)C[C@H]2C)c1. The van der Waals surface area contributed by atoms with E-state index in [0.717, 1.165) is 25.2 Å². The van der Waals surface area contributed by atoms with Crippen molar-refractivity contribution < 1.29 is 9.18 Å². The van der Waals surface area contributed by atoms with Gasteiger partial charge in [0.2, 0.25) is 5.91 Å². The van der Waals surface area contributed by atoms with E-state index in [0.29, 0.717) is 18.3 Å². The summed E-state index contributed by atoms with van der Waals surface area (Å²) in [7, 11) is 0. The first-order valence-corrected chi connectivity index (χ1v) is 9.04. The van der Waals surface area contributed by atoms with Gasteiger partial charge in [-0.3, -0.25) is 9.69 Å². The Morgan fingerprint density at radius 1 is 1.19 bits per heavy atom. The number of aryl methyl sites for hydroxylation is 2. The average Bonchev–Trinajstić information content (AvgIpc) is 2.58. The van der Waals surface area contributed by atoms with E-state index >= 15 is 0 Å². The fraction of sp³-hybridized carbons (Fsp3) is 0.381. The molecule has 1 aliphatic heterocycles. The first-order chi connectivity index (χ1) is 12.4. The molecule has 1 atom stereocenters. The van der Waals surface area contributed by atoms with Gasteiger partial charge in [0.15, 0.2) is 0 Å². The summed E-state index contributed by atoms with van der Waals surface area (Å²) >= 11 is 0. The second kappa shape index (κ2) is 7.87. The van der Waals surface area contributed by atoms with Gasteiger partial charge in [0.25, 0.3) is 0 Å². The lowest BCUT2D eigenvalue weighted by molar-refractivity contribution is -0.117. The maximum Gasteiger partial charge on any atom is 0.238 e. The zero-order valence-electron chi connectivity index (χ0n) is 15.6. The molecule has 1 aliphatic rings. The largest absolute Gasteiger partial charge is 0.366 e. The summed E-state index contributed by atoms with van der Waals surface area (Å²) in [5.41, 5.74) is 3.89. The minimum atomic E-state index is -0.341. The van der Waals surface area contributed by atoms with Crippen molar-refractivity contribution >= 4 is 17.3 Å². The monoisotopic (exact) mass is 355 g/mol. The number of carbonyl (C=O) groups is 1. The maximum atomic E-state index is 13.4. The summed E-state index contributed by atoms with van der Waals surface area (Å²) in [5, 5.41) is 2.83. The molecule has 0 aliphatic carbocycles. The molecule has 0 radical (unpaired) electrons. The zero-order valence-corrected chi connectivity index (χ0v) is 15.6. The quantitative estimate of drug-likeness (QED) is 0.910. The zero-order chi connectivity index (χ0) is 18.7. The van der Waals surface area contributed by atoms with Crippen LogP contribution < -0.4 is 10.2 Å². The van der Waals surface area contributed by atoms with Crippen LogP contribution in [0, 0.1) is 19.7 Å². The molecular weight excluding hydrogens is 329 g/mol. The Bertz CT molecular complexity index is 793. The van der Waals surface area contributed by atoms with Crippen molar-refractivity contribution in [2.24, 2.45) is 0 Å². The highest BCUT2D eigenvalue weighted by Crippen LogP contribution is 2.22. The summed E-state index contributed by atoms with van der Waals surface area (Å²) in [6, 6.07) is 13.3. The Hall–Kier alpha value is -2.40. The summed E-state index contributed by atoms with van der Waals surface area (Å²) in [6.07, 6.45) is 0. The van der Waals surface area contributed by atoms with Gasteiger partial charge >= 0.3 is 0 Å². The lowest BCUT2D eigenvalue weighted by Gasteiger charge is -2.41. The molecule has 2 aromatic carbocycles. The van der Waals surface area contributed by atoms with Crippen LogP contribution in [0.3, 0.4) is 0 Å². The third-order valence-corrected chi connectivity index (χ3v) is 4.89. The van der Waals surface area contributed by atoms with E-state index in [-0.39, 0.29) is 11.7 Å². The highest BCUT2D eigenvalue weighted by molar-refractivity contribution is 5.93. The van der Waals surface area contributed by atoms with Crippen molar-refractivity contribution in [1.82, 2.24) is 4.90 Å². The molecule has 138 valence electrons. The lowest BCUT2D eigenvalue weighted by Crippen LogP contribution is -2.53. The molecule has 1 N–H and O–H groups in total. The standard InChI is InChI=1S/C21H26FN3O/c1-15-5-4-6-19(11-15)25-10-9-24(13-17(25)3)14-21(26)23-20-12-18(22)8-7-16(20)2/h4-8,11-12,17H,9-10,13-14H2,1-3H3,(H,23,26)/t17-/m1/s1. The summed E-state index contributed by atoms with van der Waals surface area (Å²) in [6.45, 7) is 9.00. The van der Waals surface area contributed by atoms with Crippen LogP contribution in [-0.2, 0) is 4.79 Å². The molecular formula is C21H26FN3O. The fourth-order valence-corrected chi connectivity index (χ4v) is 3.49. The van der Waals surface area contributed by atoms with Crippen LogP contribution in [0.15, 0.2) is 42.5 Å². The normalized spacial score (nSPS) is 18.0. The third kappa shape index (κ3) is 4.41. The number of nitrogens with one attached hydrogen (secondary N) is 1. The number of rotatable bonds is 4. The first-order valence-electron chi connectivity index (χ1n) is 9.04. The second-order valence-corrected chi connectivity index (χ2v) is 7.12. The van der Waals surface area contributed by atoms with Gasteiger partial charge in [-0.2, -0.15) is 0 Å². The highest BCUT2D eigenvalue weighted by atomic mass is 19.1. The summed E-state index contributed by atoms with van der Waals surface area (Å²) < 4.78 is 13.4. The average molecular weight is 355 g/mol. The number of hydrogen-bond donors (Lipinski definition) is 1. The smallest absolute Gasteiger partial charge is 0.238 e. The summed E-state index contributed by atoms with van der Waals surface area (Å²) in [4.78, 5) is 16.9. The van der Waals surface area contributed by atoms with Crippen LogP contribution in [0.25, 0.3) is 0 Å². The number of carbonyl (C=O) groups excluding carboxylic acids is 1. The first kappa shape index (κ1) is 18.4. The predicted octanol–water partition coefficient (Wildman–Crippen LogP) is 3.59. The van der Waals surface area contributed by atoms with Crippen molar-refractivity contribution in [2.75, 3.05) is 36.4 Å². The van der Waals surface area contributed by atoms with E-state index in [2.05, 4.69) is 53.2 Å². The van der Waals surface area contributed by atoms with Gasteiger partial charge in [-0.05, 0) is 56.2 Å². The van der Waals surface area contributed by atoms with Gasteiger partial charge < -0.3 is 10.2 Å². The maximum absolute atomic E-state index is 13.4. The number of nitrogens with zero attached hydrogens (tertiary/aromatic N) is 2. The van der Waals surface area contributed by atoms with E-state index in [1.54, 1.807) is 6.07 Å². The Morgan fingerprint density at radius 2 is 2.00 bits per heavy atom. The second-order valence-electron chi connectivity index (χ2n) is 7.12. The van der Waals surface area contributed by atoms with Crippen LogP contribution in [0.4, 0.5) is 15.8 Å². The number of piperazine rings is 1. The van der Waals surface area contributed by atoms with Gasteiger partial charge in [-0.25, -0.2) is 4.39 Å². The van der Waals surface area contributed by atoms with Crippen molar-refractivity contribution in [2.45, 2.75) is 26.8 Å². The minimum absolute atomic E-state index is 0.102. The van der Waals surface area contributed by atoms with E-state index in [9.17, 15) is 9.18 Å². The van der Waals surface area contributed by atoms with E-state index in [1.165, 1.54) is 23.4 Å². The van der Waals surface area contributed by atoms with E-state index in [4.69, 9.17) is 0 Å². The molecule has 0 spiro atoms. The Morgan fingerprint density at radius 3 is 2.73 bits per heavy atom. The Balaban J connectivity index is 1.57. The van der Waals surface area contributed by atoms with Gasteiger partial charge in [0.05, 0.1) is 6.54 Å². The number of halogens is 1. The third-order valence-electron chi connectivity index (χ3n) is 4.89. The molecule has 1 saturated heterocycles. The molecule has 0 aromatic heterocycles. The molecule has 1 fully saturated rings. The van der Waals surface area contributed by atoms with Crippen molar-refractivity contribution in [3.63, 3.8) is 0 Å². The molecule has 1 amide bonds. The lowest BCUT2D eigenvalue weighted by atomic mass is 10.1. The van der Waals surface area contributed by atoms with Gasteiger partial charge in [0, 0.05) is 37.1 Å². The number of hydrogen-bond acceptors (Lipinski definition) is 3. The molecule has 26 heavy (non-hydrogen) atoms. The van der Waals surface area contributed by atoms with E-state index in [1.807, 2.05) is 6.92 Å². The minimum Gasteiger partial charge on any atom is -0.366 e. The molecule has 0 saturated carbocycles. The molecule has 4 nitrogen and oxygen atoms in total. The van der Waals surface area contributed by atoms with Crippen LogP contribution in [0.1, 0.15) is 18.1 Å². The topological polar surface area (TPSA) is 35.6 Å². The molecule has 3 rings (SSSR count). The van der Waals surface area contributed by atoms with E-state index < -0.39 is 0 Å². The fourth-order valence-electron chi connectivity index (χ4n) is 3.49. The number of anilines is 2. The van der Waals surface area contributed by atoms with Crippen molar-refractivity contribution in [3.05, 3.63) is 59.4 Å². The van der Waals surface area contributed by atoms with Crippen LogP contribution in [-0.4, -0.2) is 43.0 Å². The van der Waals surface area contributed by atoms with Gasteiger partial charge in [0.1, 0.15) is 5.82 Å². The Kier molecular flexibility index (Phi) is 5.57. The van der Waals surface area contributed by atoms with Crippen molar-refractivity contribution in [1.29, 1.82) is 0 Å². The van der Waals surface area contributed by atoms with Gasteiger partial charge in [-0.1, -0.05) is 18.2 Å². The van der Waals surface area contributed by atoms with Crippen LogP contribution >= 0.6 is 0 Å². The highest BCUT2D eigenvalue weighted by Gasteiger charge is 2.25. The number of amides is 1. The van der Waals surface area contributed by atoms with Crippen molar-refractivity contribution in [3.8, 4) is 0 Å². The van der Waals surface area contributed by atoms with Crippen LogP contribution in [0.5, 0.6) is 0 Å². The van der Waals surface area contributed by atoms with Gasteiger partial charge in [-0.15, -0.1) is 0 Å². The molecule has 0 bridgehead atoms. The van der Waals surface area contributed by atoms with Crippen LogP contribution in [0.2, 0.25) is 0 Å².